The average Bonchev–Trinajstić information content (AvgIpc) is 3.34. The maximum atomic E-state index is 13.7. The van der Waals surface area contributed by atoms with E-state index in [1.807, 2.05) is 19.2 Å². The number of carbonyl (C=O) groups excluding carboxylic acids is 1. The van der Waals surface area contributed by atoms with Crippen LogP contribution in [0.5, 0.6) is 0 Å². The Morgan fingerprint density at radius 1 is 1.12 bits per heavy atom. The number of benzene rings is 2. The summed E-state index contributed by atoms with van der Waals surface area (Å²) in [5.41, 5.74) is 4.10. The molecule has 216 valence electrons. The molecule has 0 atom stereocenters. The third-order valence-corrected chi connectivity index (χ3v) is 7.13. The molecule has 3 heterocycles. The molecule has 1 saturated heterocycles. The van der Waals surface area contributed by atoms with Crippen LogP contribution in [0.3, 0.4) is 0 Å². The fraction of sp³-hybridized carbons (Fsp3) is 0.345. The molecule has 4 aromatic rings. The van der Waals surface area contributed by atoms with Crippen molar-refractivity contribution in [2.45, 2.75) is 6.42 Å². The van der Waals surface area contributed by atoms with Crippen LogP contribution < -0.4 is 20.4 Å². The van der Waals surface area contributed by atoms with E-state index in [1.54, 1.807) is 13.3 Å². The van der Waals surface area contributed by atoms with Gasteiger partial charge in [0.25, 0.3) is 5.91 Å². The van der Waals surface area contributed by atoms with Crippen LogP contribution in [0.4, 0.5) is 37.5 Å². The Balaban J connectivity index is 1.40. The van der Waals surface area contributed by atoms with Crippen LogP contribution in [0.2, 0.25) is 0 Å². The summed E-state index contributed by atoms with van der Waals surface area (Å²) >= 11 is 0. The van der Waals surface area contributed by atoms with E-state index in [0.717, 1.165) is 68.7 Å². The van der Waals surface area contributed by atoms with Crippen LogP contribution in [-0.2, 0) is 4.74 Å². The molecule has 5 rings (SSSR count). The molecule has 0 aliphatic carbocycles. The van der Waals surface area contributed by atoms with Gasteiger partial charge in [-0.1, -0.05) is 0 Å². The Bertz CT molecular complexity index is 1500. The van der Waals surface area contributed by atoms with Gasteiger partial charge in [-0.25, -0.2) is 18.7 Å². The first-order valence-corrected chi connectivity index (χ1v) is 13.5. The van der Waals surface area contributed by atoms with Crippen molar-refractivity contribution in [2.24, 2.45) is 0 Å². The quantitative estimate of drug-likeness (QED) is 0.243. The number of fused-ring (bicyclic) bond motifs is 1. The Morgan fingerprint density at radius 3 is 2.61 bits per heavy atom. The monoisotopic (exact) mass is 564 g/mol. The highest BCUT2D eigenvalue weighted by Crippen LogP contribution is 2.30. The number of ether oxygens (including phenoxy) is 1. The number of carbonyl (C=O) groups is 1. The first kappa shape index (κ1) is 28.2. The number of nitrogens with one attached hydrogen (secondary N) is 3. The number of aromatic amines is 1. The Kier molecular flexibility index (Phi) is 8.60. The molecule has 10 nitrogen and oxygen atoms in total. The number of hydrogen-bond donors (Lipinski definition) is 3. The van der Waals surface area contributed by atoms with Gasteiger partial charge in [0.1, 0.15) is 17.2 Å². The molecule has 0 unspecified atom stereocenters. The lowest BCUT2D eigenvalue weighted by Gasteiger charge is -2.35. The number of hydrogen-bond acceptors (Lipinski definition) is 8. The minimum Gasteiger partial charge on any atom is -0.385 e. The number of anilines is 5. The summed E-state index contributed by atoms with van der Waals surface area (Å²) in [7, 11) is 5.77. The number of halogens is 2. The van der Waals surface area contributed by atoms with Crippen LogP contribution in [0, 0.1) is 11.6 Å². The zero-order valence-corrected chi connectivity index (χ0v) is 23.4. The number of piperazine rings is 1. The Morgan fingerprint density at radius 2 is 1.88 bits per heavy atom. The summed E-state index contributed by atoms with van der Waals surface area (Å²) in [6, 6.07) is 9.01. The van der Waals surface area contributed by atoms with Crippen molar-refractivity contribution < 1.29 is 18.3 Å². The first-order chi connectivity index (χ1) is 19.8. The zero-order valence-electron chi connectivity index (χ0n) is 23.4. The SMILES string of the molecule is COCCCN(C)c1cc(N2CCN(C)CC2)ccc1C(=O)Nc1c[nH]c2cnc(Nc3cc(F)cc(F)c3)nc12. The third kappa shape index (κ3) is 6.72. The number of rotatable bonds is 10. The molecule has 1 fully saturated rings. The fourth-order valence-electron chi connectivity index (χ4n) is 4.87. The molecular weight excluding hydrogens is 530 g/mol. The molecule has 3 N–H and O–H groups in total. The molecule has 0 saturated carbocycles. The summed E-state index contributed by atoms with van der Waals surface area (Å²) < 4.78 is 32.5. The van der Waals surface area contributed by atoms with E-state index in [1.165, 1.54) is 6.20 Å². The van der Waals surface area contributed by atoms with Gasteiger partial charge in [0.15, 0.2) is 0 Å². The van der Waals surface area contributed by atoms with Gasteiger partial charge < -0.3 is 35.1 Å². The van der Waals surface area contributed by atoms with Crippen LogP contribution in [0.1, 0.15) is 16.8 Å². The van der Waals surface area contributed by atoms with Gasteiger partial charge in [-0.2, -0.15) is 0 Å². The average molecular weight is 565 g/mol. The van der Waals surface area contributed by atoms with Crippen molar-refractivity contribution in [2.75, 3.05) is 81.0 Å². The molecule has 1 aliphatic heterocycles. The maximum Gasteiger partial charge on any atom is 0.257 e. The summed E-state index contributed by atoms with van der Waals surface area (Å²) in [6.45, 7) is 5.14. The van der Waals surface area contributed by atoms with Gasteiger partial charge in [-0.3, -0.25) is 4.79 Å². The first-order valence-electron chi connectivity index (χ1n) is 13.5. The topological polar surface area (TPSA) is 102 Å². The van der Waals surface area contributed by atoms with E-state index in [-0.39, 0.29) is 17.5 Å². The number of nitrogens with zero attached hydrogens (tertiary/aromatic N) is 5. The molecule has 0 bridgehead atoms. The highest BCUT2D eigenvalue weighted by atomic mass is 19.1. The molecule has 0 radical (unpaired) electrons. The highest BCUT2D eigenvalue weighted by Gasteiger charge is 2.21. The normalized spacial score (nSPS) is 13.9. The summed E-state index contributed by atoms with van der Waals surface area (Å²) in [6.07, 6.45) is 4.00. The van der Waals surface area contributed by atoms with Crippen molar-refractivity contribution in [1.82, 2.24) is 19.9 Å². The Labute approximate surface area is 237 Å². The minimum absolute atomic E-state index is 0.132. The number of aromatic nitrogens is 3. The van der Waals surface area contributed by atoms with Crippen LogP contribution in [-0.4, -0.2) is 86.3 Å². The van der Waals surface area contributed by atoms with Gasteiger partial charge in [-0.05, 0) is 43.8 Å². The van der Waals surface area contributed by atoms with E-state index in [4.69, 9.17) is 4.74 Å². The molecule has 0 spiro atoms. The van der Waals surface area contributed by atoms with Gasteiger partial charge in [0.05, 0.1) is 28.7 Å². The standard InChI is InChI=1S/C29H34F2N8O2/c1-37-8-10-39(11-9-37)22-5-6-23(26(16-22)38(2)7-4-12-41-3)28(40)35-25-18-32-24-17-33-29(36-27(24)25)34-21-14-19(30)13-20(31)15-21/h5-6,13-18,32H,4,7-12H2,1-3H3,(H,35,40)(H,33,34,36). The van der Waals surface area contributed by atoms with Crippen LogP contribution in [0.25, 0.3) is 11.0 Å². The second kappa shape index (κ2) is 12.5. The third-order valence-electron chi connectivity index (χ3n) is 7.13. The lowest BCUT2D eigenvalue weighted by atomic mass is 10.1. The minimum atomic E-state index is -0.718. The maximum absolute atomic E-state index is 13.7. The second-order valence-electron chi connectivity index (χ2n) is 10.2. The number of methoxy groups -OCH3 is 1. The molecule has 41 heavy (non-hydrogen) atoms. The predicted molar refractivity (Wildman–Crippen MR) is 157 cm³/mol. The lowest BCUT2D eigenvalue weighted by Crippen LogP contribution is -2.44. The summed E-state index contributed by atoms with van der Waals surface area (Å²) in [5.74, 6) is -1.59. The number of H-pyrrole nitrogens is 1. The van der Waals surface area contributed by atoms with Crippen molar-refractivity contribution in [1.29, 1.82) is 0 Å². The lowest BCUT2D eigenvalue weighted by molar-refractivity contribution is 0.102. The van der Waals surface area contributed by atoms with Crippen molar-refractivity contribution in [3.8, 4) is 0 Å². The van der Waals surface area contributed by atoms with E-state index in [9.17, 15) is 13.6 Å². The Hall–Kier alpha value is -4.29. The van der Waals surface area contributed by atoms with Gasteiger partial charge in [0.2, 0.25) is 5.95 Å². The highest BCUT2D eigenvalue weighted by molar-refractivity contribution is 6.11. The van der Waals surface area contributed by atoms with Crippen molar-refractivity contribution in [3.63, 3.8) is 0 Å². The number of likely N-dealkylation sites (N-methyl/N-ethyl adjacent to an activating group) is 1. The smallest absolute Gasteiger partial charge is 0.257 e. The molecule has 2 aromatic heterocycles. The van der Waals surface area contributed by atoms with E-state index in [0.29, 0.717) is 28.9 Å². The van der Waals surface area contributed by atoms with Crippen LogP contribution in [0.15, 0.2) is 48.8 Å². The molecular formula is C29H34F2N8O2. The van der Waals surface area contributed by atoms with Crippen LogP contribution >= 0.6 is 0 Å². The van der Waals surface area contributed by atoms with Crippen molar-refractivity contribution in [3.05, 3.63) is 66.0 Å². The predicted octanol–water partition coefficient (Wildman–Crippen LogP) is 4.46. The number of amides is 1. The molecule has 1 amide bonds. The van der Waals surface area contributed by atoms with Gasteiger partial charge in [-0.15, -0.1) is 0 Å². The fourth-order valence-corrected chi connectivity index (χ4v) is 4.87. The van der Waals surface area contributed by atoms with E-state index < -0.39 is 11.6 Å². The summed E-state index contributed by atoms with van der Waals surface area (Å²) in [5, 5.41) is 5.79. The molecule has 1 aliphatic rings. The largest absolute Gasteiger partial charge is 0.385 e. The van der Waals surface area contributed by atoms with E-state index >= 15 is 0 Å². The molecule has 12 heteroatoms. The van der Waals surface area contributed by atoms with Crippen molar-refractivity contribution >= 4 is 45.6 Å². The zero-order chi connectivity index (χ0) is 28.9. The van der Waals surface area contributed by atoms with E-state index in [2.05, 4.69) is 53.4 Å². The second-order valence-corrected chi connectivity index (χ2v) is 10.2. The van der Waals surface area contributed by atoms with Gasteiger partial charge >= 0.3 is 0 Å². The van der Waals surface area contributed by atoms with Gasteiger partial charge in [0, 0.05) is 77.1 Å². The summed E-state index contributed by atoms with van der Waals surface area (Å²) in [4.78, 5) is 32.1. The molecule has 2 aromatic carbocycles.